The van der Waals surface area contributed by atoms with Gasteiger partial charge < -0.3 is 15.2 Å². The van der Waals surface area contributed by atoms with Gasteiger partial charge in [0, 0.05) is 25.7 Å². The van der Waals surface area contributed by atoms with Gasteiger partial charge in [0.15, 0.2) is 5.96 Å². The molecule has 1 atom stereocenters. The third-order valence-corrected chi connectivity index (χ3v) is 3.71. The van der Waals surface area contributed by atoms with E-state index in [0.717, 1.165) is 44.4 Å². The molecular weight excluding hydrogens is 415 g/mol. The minimum absolute atomic E-state index is 0. The molecule has 0 saturated heterocycles. The van der Waals surface area contributed by atoms with Crippen molar-refractivity contribution < 1.29 is 0 Å². The van der Waals surface area contributed by atoms with E-state index in [4.69, 9.17) is 0 Å². The number of hydrogen-bond donors (Lipinski definition) is 2. The van der Waals surface area contributed by atoms with Crippen molar-refractivity contribution in [3.8, 4) is 0 Å². The van der Waals surface area contributed by atoms with Crippen molar-refractivity contribution in [1.82, 2.24) is 25.4 Å². The van der Waals surface area contributed by atoms with Crippen LogP contribution in [0.15, 0.2) is 17.6 Å². The molecule has 0 amide bonds. The molecule has 2 N–H and O–H groups in total. The lowest BCUT2D eigenvalue weighted by Crippen LogP contribution is -2.42. The van der Waals surface area contributed by atoms with Crippen LogP contribution < -0.4 is 10.6 Å². The summed E-state index contributed by atoms with van der Waals surface area (Å²) in [4.78, 5) is 4.67. The maximum atomic E-state index is 4.67. The molecule has 6 nitrogen and oxygen atoms in total. The Morgan fingerprint density at radius 1 is 1.08 bits per heavy atom. The van der Waals surface area contributed by atoms with E-state index in [-0.39, 0.29) is 24.0 Å². The van der Waals surface area contributed by atoms with Gasteiger partial charge in [-0.1, -0.05) is 26.7 Å². The zero-order chi connectivity index (χ0) is 16.9. The first kappa shape index (κ1) is 23.1. The summed E-state index contributed by atoms with van der Waals surface area (Å²) < 4.78 is 2.00. The van der Waals surface area contributed by atoms with Gasteiger partial charge in [0.25, 0.3) is 0 Å². The largest absolute Gasteiger partial charge is 0.357 e. The maximum Gasteiger partial charge on any atom is 0.191 e. The molecule has 140 valence electrons. The van der Waals surface area contributed by atoms with Gasteiger partial charge in [-0.05, 0) is 39.0 Å². The lowest BCUT2D eigenvalue weighted by atomic mass is 10.0. The summed E-state index contributed by atoms with van der Waals surface area (Å²) in [5, 5.41) is 14.5. The fourth-order valence-corrected chi connectivity index (χ4v) is 2.39. The zero-order valence-electron chi connectivity index (χ0n) is 15.7. The Morgan fingerprint density at radius 3 is 2.42 bits per heavy atom. The van der Waals surface area contributed by atoms with Crippen molar-refractivity contribution in [3.05, 3.63) is 12.7 Å². The highest BCUT2D eigenvalue weighted by molar-refractivity contribution is 14.0. The third-order valence-electron chi connectivity index (χ3n) is 3.71. The average Bonchev–Trinajstić information content (AvgIpc) is 3.00. The monoisotopic (exact) mass is 450 g/mol. The number of rotatable bonds is 11. The predicted molar refractivity (Wildman–Crippen MR) is 112 cm³/mol. The first-order valence-electron chi connectivity index (χ1n) is 8.99. The fraction of sp³-hybridized carbons (Fsp3) is 0.824. The molecule has 0 saturated carbocycles. The second-order valence-electron chi connectivity index (χ2n) is 6.54. The Hall–Kier alpha value is -0.860. The highest BCUT2D eigenvalue weighted by Crippen LogP contribution is 2.08. The number of nitrogens with zero attached hydrogens (tertiary/aromatic N) is 4. The van der Waals surface area contributed by atoms with Crippen molar-refractivity contribution in [2.45, 2.75) is 72.4 Å². The van der Waals surface area contributed by atoms with Crippen molar-refractivity contribution in [3.63, 3.8) is 0 Å². The molecule has 1 aromatic heterocycles. The molecule has 24 heavy (non-hydrogen) atoms. The molecule has 0 aliphatic carbocycles. The number of halogens is 1. The minimum atomic E-state index is 0. The van der Waals surface area contributed by atoms with Gasteiger partial charge in [0.2, 0.25) is 0 Å². The van der Waals surface area contributed by atoms with E-state index in [9.17, 15) is 0 Å². The van der Waals surface area contributed by atoms with Crippen LogP contribution in [0.5, 0.6) is 0 Å². The predicted octanol–water partition coefficient (Wildman–Crippen LogP) is 3.45. The molecule has 0 bridgehead atoms. The van der Waals surface area contributed by atoms with Gasteiger partial charge in [-0.25, -0.2) is 0 Å². The van der Waals surface area contributed by atoms with E-state index in [2.05, 4.69) is 53.5 Å². The molecule has 0 radical (unpaired) electrons. The standard InChI is InChI=1S/C17H34N6.HI/c1-5-18-17(22-16(4)10-8-9-15(2)3)19-11-6-7-12-23-13-20-21-14-23;/h13-16H,5-12H2,1-4H3,(H2,18,19,22);1H. The first-order chi connectivity index (χ1) is 11.1. The van der Waals surface area contributed by atoms with Crippen LogP contribution >= 0.6 is 24.0 Å². The minimum Gasteiger partial charge on any atom is -0.357 e. The van der Waals surface area contributed by atoms with E-state index >= 15 is 0 Å². The van der Waals surface area contributed by atoms with Crippen LogP contribution in [0.25, 0.3) is 0 Å². The lowest BCUT2D eigenvalue weighted by molar-refractivity contribution is 0.491. The number of guanidine groups is 1. The van der Waals surface area contributed by atoms with Crippen LogP contribution in [-0.4, -0.2) is 39.9 Å². The Morgan fingerprint density at radius 2 is 1.79 bits per heavy atom. The quantitative estimate of drug-likeness (QED) is 0.235. The van der Waals surface area contributed by atoms with Crippen molar-refractivity contribution in [2.75, 3.05) is 13.1 Å². The SMILES string of the molecule is CCNC(=NCCCCn1cnnc1)NC(C)CCCC(C)C.I. The van der Waals surface area contributed by atoms with Gasteiger partial charge in [-0.2, -0.15) is 0 Å². The molecule has 0 aliphatic rings. The smallest absolute Gasteiger partial charge is 0.191 e. The molecule has 1 rings (SSSR count). The zero-order valence-corrected chi connectivity index (χ0v) is 18.0. The Kier molecular flexibility index (Phi) is 14.0. The van der Waals surface area contributed by atoms with E-state index in [1.165, 1.54) is 19.3 Å². The summed E-state index contributed by atoms with van der Waals surface area (Å²) in [7, 11) is 0. The number of aliphatic imine (C=N–C) groups is 1. The number of hydrogen-bond acceptors (Lipinski definition) is 3. The maximum absolute atomic E-state index is 4.67. The second-order valence-corrected chi connectivity index (χ2v) is 6.54. The van der Waals surface area contributed by atoms with Gasteiger partial charge in [-0.15, -0.1) is 34.2 Å². The summed E-state index contributed by atoms with van der Waals surface area (Å²) in [5.74, 6) is 1.73. The molecule has 0 aromatic carbocycles. The summed E-state index contributed by atoms with van der Waals surface area (Å²) in [6, 6.07) is 0.462. The molecule has 0 spiro atoms. The Labute approximate surface area is 164 Å². The van der Waals surface area contributed by atoms with Crippen LogP contribution in [0.1, 0.15) is 59.8 Å². The van der Waals surface area contributed by atoms with Crippen molar-refractivity contribution in [1.29, 1.82) is 0 Å². The van der Waals surface area contributed by atoms with Crippen molar-refractivity contribution in [2.24, 2.45) is 10.9 Å². The molecule has 1 unspecified atom stereocenters. The van der Waals surface area contributed by atoms with Crippen LogP contribution in [0.3, 0.4) is 0 Å². The van der Waals surface area contributed by atoms with Crippen LogP contribution in [-0.2, 0) is 6.54 Å². The summed E-state index contributed by atoms with van der Waals surface area (Å²) in [5.41, 5.74) is 0. The summed E-state index contributed by atoms with van der Waals surface area (Å²) in [6.07, 6.45) is 9.42. The van der Waals surface area contributed by atoms with E-state index in [1.54, 1.807) is 12.7 Å². The van der Waals surface area contributed by atoms with Gasteiger partial charge >= 0.3 is 0 Å². The molecule has 1 aromatic rings. The lowest BCUT2D eigenvalue weighted by Gasteiger charge is -2.18. The average molecular weight is 450 g/mol. The number of unbranched alkanes of at least 4 members (excludes halogenated alkanes) is 1. The normalized spacial score (nSPS) is 12.8. The van der Waals surface area contributed by atoms with Gasteiger partial charge in [-0.3, -0.25) is 4.99 Å². The highest BCUT2D eigenvalue weighted by atomic mass is 127. The van der Waals surface area contributed by atoms with Crippen LogP contribution in [0, 0.1) is 5.92 Å². The van der Waals surface area contributed by atoms with E-state index in [0.29, 0.717) is 6.04 Å². The number of aromatic nitrogens is 3. The van der Waals surface area contributed by atoms with Crippen LogP contribution in [0.4, 0.5) is 0 Å². The first-order valence-corrected chi connectivity index (χ1v) is 8.99. The van der Waals surface area contributed by atoms with E-state index in [1.807, 2.05) is 4.57 Å². The van der Waals surface area contributed by atoms with E-state index < -0.39 is 0 Å². The summed E-state index contributed by atoms with van der Waals surface area (Å²) >= 11 is 0. The topological polar surface area (TPSA) is 67.1 Å². The number of aryl methyl sites for hydroxylation is 1. The molecule has 0 fully saturated rings. The number of nitrogens with one attached hydrogen (secondary N) is 2. The third kappa shape index (κ3) is 11.6. The molecular formula is C17H35IN6. The molecule has 1 heterocycles. The Balaban J connectivity index is 0.00000529. The molecule has 0 aliphatic heterocycles. The van der Waals surface area contributed by atoms with Crippen molar-refractivity contribution >= 4 is 29.9 Å². The molecule has 7 heteroatoms. The van der Waals surface area contributed by atoms with Gasteiger partial charge in [0.05, 0.1) is 0 Å². The fourth-order valence-electron chi connectivity index (χ4n) is 2.39. The van der Waals surface area contributed by atoms with Gasteiger partial charge in [0.1, 0.15) is 12.7 Å². The second kappa shape index (κ2) is 14.5. The highest BCUT2D eigenvalue weighted by Gasteiger charge is 2.05. The summed E-state index contributed by atoms with van der Waals surface area (Å²) in [6.45, 7) is 11.6. The van der Waals surface area contributed by atoms with Crippen LogP contribution in [0.2, 0.25) is 0 Å². The Bertz CT molecular complexity index is 419.